The smallest absolute Gasteiger partial charge is 0.210 e. The van der Waals surface area contributed by atoms with Crippen molar-refractivity contribution in [3.63, 3.8) is 0 Å². The van der Waals surface area contributed by atoms with E-state index in [1.54, 1.807) is 21.6 Å². The highest BCUT2D eigenvalue weighted by Gasteiger charge is 2.12. The van der Waals surface area contributed by atoms with Crippen LogP contribution in [0.15, 0.2) is 29.2 Å². The van der Waals surface area contributed by atoms with Gasteiger partial charge in [0.1, 0.15) is 5.82 Å². The van der Waals surface area contributed by atoms with Crippen LogP contribution in [0.1, 0.15) is 6.92 Å². The van der Waals surface area contributed by atoms with Gasteiger partial charge < -0.3 is 0 Å². The Bertz CT molecular complexity index is 433. The Morgan fingerprint density at radius 1 is 1.24 bits per heavy atom. The summed E-state index contributed by atoms with van der Waals surface area (Å²) in [5, 5.41) is 0. The van der Waals surface area contributed by atoms with Crippen LogP contribution in [0.4, 0.5) is 4.39 Å². The lowest BCUT2D eigenvalue weighted by molar-refractivity contribution is 0.583. The first-order chi connectivity index (χ1) is 8.06. The number of rotatable bonds is 7. The standard InChI is InChI=1S/C10H14FNO2S3/c1-2-15-16-8-7-12-17(13,14)10-5-3-9(11)4-6-10/h3-6,12H,2,7-8H2,1H3. The van der Waals surface area contributed by atoms with Crippen LogP contribution >= 0.6 is 21.6 Å². The molecule has 0 saturated carbocycles. The summed E-state index contributed by atoms with van der Waals surface area (Å²) in [6, 6.07) is 4.78. The van der Waals surface area contributed by atoms with Crippen molar-refractivity contribution in [2.75, 3.05) is 18.1 Å². The van der Waals surface area contributed by atoms with E-state index in [0.29, 0.717) is 12.3 Å². The highest BCUT2D eigenvalue weighted by atomic mass is 33.1. The summed E-state index contributed by atoms with van der Waals surface area (Å²) in [4.78, 5) is 0.0899. The van der Waals surface area contributed by atoms with Gasteiger partial charge in [0, 0.05) is 18.1 Å². The molecule has 0 aliphatic carbocycles. The summed E-state index contributed by atoms with van der Waals surface area (Å²) in [6.45, 7) is 2.41. The second-order valence-corrected chi connectivity index (χ2v) is 7.72. The highest BCUT2D eigenvalue weighted by Crippen LogP contribution is 2.19. The second-order valence-electron chi connectivity index (χ2n) is 3.08. The predicted octanol–water partition coefficient (Wildman–Crippen LogP) is 2.51. The van der Waals surface area contributed by atoms with Crippen LogP contribution in [0, 0.1) is 5.82 Å². The Labute approximate surface area is 109 Å². The summed E-state index contributed by atoms with van der Waals surface area (Å²) < 4.78 is 38.6. The maximum absolute atomic E-state index is 12.6. The molecule has 0 bridgehead atoms. The van der Waals surface area contributed by atoms with Crippen molar-refractivity contribution in [2.45, 2.75) is 11.8 Å². The fraction of sp³-hybridized carbons (Fsp3) is 0.400. The first-order valence-electron chi connectivity index (χ1n) is 5.06. The van der Waals surface area contributed by atoms with Crippen LogP contribution in [0.3, 0.4) is 0 Å². The third kappa shape index (κ3) is 5.29. The lowest BCUT2D eigenvalue weighted by Crippen LogP contribution is -2.25. The van der Waals surface area contributed by atoms with E-state index in [4.69, 9.17) is 0 Å². The van der Waals surface area contributed by atoms with E-state index in [9.17, 15) is 12.8 Å². The second kappa shape index (κ2) is 7.25. The molecule has 96 valence electrons. The lowest BCUT2D eigenvalue weighted by Gasteiger charge is -2.05. The van der Waals surface area contributed by atoms with Gasteiger partial charge in [-0.25, -0.2) is 17.5 Å². The van der Waals surface area contributed by atoms with Crippen LogP contribution in [-0.2, 0) is 10.0 Å². The molecule has 0 spiro atoms. The Morgan fingerprint density at radius 2 is 1.88 bits per heavy atom. The first kappa shape index (κ1) is 14.8. The van der Waals surface area contributed by atoms with Gasteiger partial charge in [0.15, 0.2) is 0 Å². The van der Waals surface area contributed by atoms with E-state index in [1.807, 2.05) is 6.92 Å². The summed E-state index contributed by atoms with van der Waals surface area (Å²) in [5.41, 5.74) is 0. The zero-order chi connectivity index (χ0) is 12.7. The third-order valence-corrected chi connectivity index (χ3v) is 5.76. The minimum Gasteiger partial charge on any atom is -0.210 e. The van der Waals surface area contributed by atoms with Crippen molar-refractivity contribution in [1.29, 1.82) is 0 Å². The number of halogens is 1. The first-order valence-corrected chi connectivity index (χ1v) is 9.03. The summed E-state index contributed by atoms with van der Waals surface area (Å²) in [5.74, 6) is 1.26. The molecule has 1 aromatic rings. The van der Waals surface area contributed by atoms with Crippen LogP contribution in [0.2, 0.25) is 0 Å². The van der Waals surface area contributed by atoms with Crippen molar-refractivity contribution in [2.24, 2.45) is 0 Å². The number of sulfonamides is 1. The summed E-state index contributed by atoms with van der Waals surface area (Å²) in [7, 11) is -0.193. The fourth-order valence-electron chi connectivity index (χ4n) is 1.06. The molecule has 0 fully saturated rings. The largest absolute Gasteiger partial charge is 0.240 e. The minimum absolute atomic E-state index is 0.0899. The number of benzene rings is 1. The molecule has 0 unspecified atom stereocenters. The monoisotopic (exact) mass is 295 g/mol. The van der Waals surface area contributed by atoms with Gasteiger partial charge in [-0.15, -0.1) is 0 Å². The molecular formula is C10H14FNO2S3. The topological polar surface area (TPSA) is 46.2 Å². The molecule has 1 aromatic carbocycles. The Morgan fingerprint density at radius 3 is 2.47 bits per heavy atom. The summed E-state index contributed by atoms with van der Waals surface area (Å²) in [6.07, 6.45) is 0. The van der Waals surface area contributed by atoms with E-state index in [2.05, 4.69) is 4.72 Å². The van der Waals surface area contributed by atoms with Gasteiger partial charge in [0.2, 0.25) is 10.0 Å². The van der Waals surface area contributed by atoms with E-state index in [0.717, 1.165) is 17.9 Å². The molecule has 3 nitrogen and oxygen atoms in total. The van der Waals surface area contributed by atoms with Gasteiger partial charge in [-0.2, -0.15) is 0 Å². The highest BCUT2D eigenvalue weighted by molar-refractivity contribution is 8.76. The van der Waals surface area contributed by atoms with Crippen LogP contribution in [0.25, 0.3) is 0 Å². The normalized spacial score (nSPS) is 11.6. The van der Waals surface area contributed by atoms with Crippen molar-refractivity contribution in [3.05, 3.63) is 30.1 Å². The average molecular weight is 295 g/mol. The Balaban J connectivity index is 2.48. The molecule has 0 amide bonds. The van der Waals surface area contributed by atoms with Crippen molar-refractivity contribution >= 4 is 31.6 Å². The van der Waals surface area contributed by atoms with Crippen LogP contribution in [-0.4, -0.2) is 26.5 Å². The molecule has 1 N–H and O–H groups in total. The lowest BCUT2D eigenvalue weighted by atomic mass is 10.4. The molecule has 0 aromatic heterocycles. The van der Waals surface area contributed by atoms with Gasteiger partial charge >= 0.3 is 0 Å². The Kier molecular flexibility index (Phi) is 6.32. The minimum atomic E-state index is -3.50. The summed E-state index contributed by atoms with van der Waals surface area (Å²) >= 11 is 0. The van der Waals surface area contributed by atoms with E-state index in [1.165, 1.54) is 12.1 Å². The van der Waals surface area contributed by atoms with Crippen molar-refractivity contribution in [1.82, 2.24) is 4.72 Å². The van der Waals surface area contributed by atoms with Gasteiger partial charge in [0.05, 0.1) is 4.90 Å². The van der Waals surface area contributed by atoms with Crippen LogP contribution in [0.5, 0.6) is 0 Å². The SMILES string of the molecule is CCSSCCNS(=O)(=O)c1ccc(F)cc1. The number of hydrogen-bond acceptors (Lipinski definition) is 4. The molecule has 7 heteroatoms. The molecule has 0 radical (unpaired) electrons. The molecule has 0 saturated heterocycles. The Hall–Kier alpha value is -0.240. The van der Waals surface area contributed by atoms with E-state index < -0.39 is 15.8 Å². The molecule has 0 atom stereocenters. The molecule has 0 aliphatic rings. The van der Waals surface area contributed by atoms with Gasteiger partial charge in [-0.05, 0) is 24.3 Å². The van der Waals surface area contributed by atoms with Gasteiger partial charge in [-0.1, -0.05) is 28.5 Å². The molecule has 0 heterocycles. The maximum atomic E-state index is 12.6. The molecule has 0 aliphatic heterocycles. The predicted molar refractivity (Wildman–Crippen MR) is 72.2 cm³/mol. The van der Waals surface area contributed by atoms with Crippen molar-refractivity contribution in [3.8, 4) is 0 Å². The van der Waals surface area contributed by atoms with E-state index in [-0.39, 0.29) is 4.90 Å². The average Bonchev–Trinajstić information content (AvgIpc) is 2.29. The zero-order valence-corrected chi connectivity index (χ0v) is 11.8. The maximum Gasteiger partial charge on any atom is 0.240 e. The van der Waals surface area contributed by atoms with Gasteiger partial charge in [0.25, 0.3) is 0 Å². The van der Waals surface area contributed by atoms with Gasteiger partial charge in [-0.3, -0.25) is 0 Å². The fourth-order valence-corrected chi connectivity index (χ4v) is 3.79. The quantitative estimate of drug-likeness (QED) is 0.620. The zero-order valence-electron chi connectivity index (χ0n) is 9.35. The third-order valence-electron chi connectivity index (χ3n) is 1.80. The van der Waals surface area contributed by atoms with Crippen molar-refractivity contribution < 1.29 is 12.8 Å². The van der Waals surface area contributed by atoms with E-state index >= 15 is 0 Å². The molecule has 17 heavy (non-hydrogen) atoms. The number of hydrogen-bond donors (Lipinski definition) is 1. The number of nitrogens with one attached hydrogen (secondary N) is 1. The van der Waals surface area contributed by atoms with Crippen LogP contribution < -0.4 is 4.72 Å². The molecule has 1 rings (SSSR count). The molecular weight excluding hydrogens is 281 g/mol.